The van der Waals surface area contributed by atoms with E-state index in [9.17, 15) is 24.8 Å². The fourth-order valence-corrected chi connectivity index (χ4v) is 2.53. The van der Waals surface area contributed by atoms with Crippen molar-refractivity contribution in [3.63, 3.8) is 0 Å². The maximum Gasteiger partial charge on any atom is 0.328 e. The Morgan fingerprint density at radius 3 is 2.36 bits per heavy atom. The van der Waals surface area contributed by atoms with Gasteiger partial charge in [0, 0.05) is 18.2 Å². The van der Waals surface area contributed by atoms with Gasteiger partial charge < -0.3 is 20.9 Å². The maximum absolute atomic E-state index is 12.2. The largest absolute Gasteiger partial charge is 0.467 e. The number of ether oxygens (including phenoxy) is 1. The summed E-state index contributed by atoms with van der Waals surface area (Å²) in [4.78, 5) is 34.1. The van der Waals surface area contributed by atoms with Crippen LogP contribution in [-0.4, -0.2) is 47.2 Å². The summed E-state index contributed by atoms with van der Waals surface area (Å²) in [5, 5.41) is 23.4. The van der Waals surface area contributed by atoms with Gasteiger partial charge in [-0.3, -0.25) is 14.9 Å². The highest BCUT2D eigenvalue weighted by atomic mass is 35.5. The molecule has 28 heavy (non-hydrogen) atoms. The Morgan fingerprint density at radius 1 is 1.32 bits per heavy atom. The van der Waals surface area contributed by atoms with E-state index >= 15 is 0 Å². The van der Waals surface area contributed by atoms with Crippen molar-refractivity contribution in [2.75, 3.05) is 7.11 Å². The molecular weight excluding hydrogens is 390 g/mol. The molecule has 0 saturated heterocycles. The van der Waals surface area contributed by atoms with Crippen molar-refractivity contribution < 1.29 is 24.4 Å². The van der Waals surface area contributed by atoms with Crippen molar-refractivity contribution in [2.45, 2.75) is 51.3 Å². The summed E-state index contributed by atoms with van der Waals surface area (Å²) < 4.78 is 4.71. The minimum atomic E-state index is -1.13. The molecule has 9 nitrogen and oxygen atoms in total. The lowest BCUT2D eigenvalue weighted by atomic mass is 9.97. The minimum absolute atomic E-state index is 0. The minimum Gasteiger partial charge on any atom is -0.467 e. The second-order valence-electron chi connectivity index (χ2n) is 6.52. The number of nitrogens with one attached hydrogen (secondary N) is 1. The topological polar surface area (TPSA) is 145 Å². The predicted octanol–water partition coefficient (Wildman–Crippen LogP) is 1.34. The number of esters is 1. The first-order valence-corrected chi connectivity index (χ1v) is 8.73. The number of nitrogens with zero attached hydrogens (tertiary/aromatic N) is 1. The zero-order valence-corrected chi connectivity index (χ0v) is 17.0. The normalized spacial score (nSPS) is 14.8. The van der Waals surface area contributed by atoms with Crippen molar-refractivity contribution in [1.29, 1.82) is 0 Å². The molecular formula is C18H28ClN3O6. The van der Waals surface area contributed by atoms with Gasteiger partial charge >= 0.3 is 5.97 Å². The summed E-state index contributed by atoms with van der Waals surface area (Å²) in [5.74, 6) is -1.16. The average molecular weight is 418 g/mol. The molecule has 0 heterocycles. The number of nitro benzene ring substituents is 1. The fraction of sp³-hybridized carbons (Fsp3) is 0.556. The molecule has 0 aliphatic rings. The van der Waals surface area contributed by atoms with Crippen LogP contribution in [0.3, 0.4) is 0 Å². The molecule has 4 atom stereocenters. The second kappa shape index (κ2) is 12.3. The lowest BCUT2D eigenvalue weighted by Gasteiger charge is -2.24. The smallest absolute Gasteiger partial charge is 0.328 e. The Bertz CT molecular complexity index is 655. The molecule has 10 heteroatoms. The molecule has 1 aromatic rings. The van der Waals surface area contributed by atoms with Crippen LogP contribution in [0, 0.1) is 16.0 Å². The molecule has 158 valence electrons. The third kappa shape index (κ3) is 7.79. The Morgan fingerprint density at radius 2 is 1.89 bits per heavy atom. The van der Waals surface area contributed by atoms with Crippen LogP contribution < -0.4 is 11.1 Å². The first-order chi connectivity index (χ1) is 12.7. The highest BCUT2D eigenvalue weighted by Gasteiger charge is 2.28. The van der Waals surface area contributed by atoms with Crippen LogP contribution in [0.4, 0.5) is 5.69 Å². The number of non-ortho nitro benzene ring substituents is 1. The zero-order valence-electron chi connectivity index (χ0n) is 16.2. The number of hydrogen-bond donors (Lipinski definition) is 3. The van der Waals surface area contributed by atoms with Crippen molar-refractivity contribution >= 4 is 30.0 Å². The number of nitro groups is 1. The molecule has 4 N–H and O–H groups in total. The number of carbonyl (C=O) groups excluding carboxylic acids is 2. The summed E-state index contributed by atoms with van der Waals surface area (Å²) >= 11 is 0. The van der Waals surface area contributed by atoms with Gasteiger partial charge in [0.25, 0.3) is 5.69 Å². The number of amides is 1. The van der Waals surface area contributed by atoms with Crippen molar-refractivity contribution in [2.24, 2.45) is 11.7 Å². The number of carbonyl (C=O) groups is 2. The van der Waals surface area contributed by atoms with Gasteiger partial charge in [-0.25, -0.2) is 4.79 Å². The van der Waals surface area contributed by atoms with Crippen LogP contribution in [0.2, 0.25) is 0 Å². The first kappa shape index (κ1) is 25.8. The molecule has 1 aromatic carbocycles. The van der Waals surface area contributed by atoms with Crippen LogP contribution in [0.1, 0.15) is 32.3 Å². The van der Waals surface area contributed by atoms with E-state index in [0.29, 0.717) is 12.0 Å². The summed E-state index contributed by atoms with van der Waals surface area (Å²) in [5.41, 5.74) is 6.61. The van der Waals surface area contributed by atoms with Crippen LogP contribution in [0.25, 0.3) is 0 Å². The van der Waals surface area contributed by atoms with E-state index in [1.54, 1.807) is 12.1 Å². The quantitative estimate of drug-likeness (QED) is 0.296. The number of benzene rings is 1. The monoisotopic (exact) mass is 417 g/mol. The van der Waals surface area contributed by atoms with E-state index in [-0.39, 0.29) is 36.9 Å². The third-order valence-corrected chi connectivity index (χ3v) is 4.49. The highest BCUT2D eigenvalue weighted by molar-refractivity contribution is 5.85. The van der Waals surface area contributed by atoms with Gasteiger partial charge in [0.1, 0.15) is 6.04 Å². The van der Waals surface area contributed by atoms with E-state index in [1.165, 1.54) is 19.2 Å². The van der Waals surface area contributed by atoms with Crippen molar-refractivity contribution in [3.8, 4) is 0 Å². The second-order valence-corrected chi connectivity index (χ2v) is 6.52. The van der Waals surface area contributed by atoms with E-state index in [4.69, 9.17) is 10.5 Å². The molecule has 0 aliphatic carbocycles. The van der Waals surface area contributed by atoms with Gasteiger partial charge in [0.05, 0.1) is 24.6 Å². The summed E-state index contributed by atoms with van der Waals surface area (Å²) in [7, 11) is 1.25. The molecule has 0 aromatic heterocycles. The predicted molar refractivity (Wildman–Crippen MR) is 106 cm³/mol. The number of halogens is 1. The SMILES string of the molecule is CCC(C)[C@H](NC(=O)CC(O)[C@@H](N)Cc1ccc([N+](=O)[O-])cc1)C(=O)OC.Cl. The average Bonchev–Trinajstić information content (AvgIpc) is 2.65. The van der Waals surface area contributed by atoms with Gasteiger partial charge in [-0.2, -0.15) is 0 Å². The van der Waals surface area contributed by atoms with Crippen LogP contribution >= 0.6 is 12.4 Å². The number of aliphatic hydroxyl groups is 1. The molecule has 0 fully saturated rings. The lowest BCUT2D eigenvalue weighted by Crippen LogP contribution is -2.48. The lowest BCUT2D eigenvalue weighted by molar-refractivity contribution is -0.384. The van der Waals surface area contributed by atoms with Gasteiger partial charge in [0.15, 0.2) is 0 Å². The molecule has 0 bridgehead atoms. The molecule has 0 saturated carbocycles. The van der Waals surface area contributed by atoms with Crippen LogP contribution in [-0.2, 0) is 20.7 Å². The van der Waals surface area contributed by atoms with Gasteiger partial charge in [-0.15, -0.1) is 12.4 Å². The number of rotatable bonds is 10. The number of aliphatic hydroxyl groups excluding tert-OH is 1. The Hall–Kier alpha value is -2.23. The fourth-order valence-electron chi connectivity index (χ4n) is 2.53. The Labute approximate surface area is 170 Å². The molecule has 0 spiro atoms. The number of hydrogen-bond acceptors (Lipinski definition) is 7. The van der Waals surface area contributed by atoms with E-state index in [2.05, 4.69) is 5.32 Å². The summed E-state index contributed by atoms with van der Waals surface area (Å²) in [6.07, 6.45) is -0.478. The van der Waals surface area contributed by atoms with Gasteiger partial charge in [0.2, 0.25) is 5.91 Å². The molecule has 1 amide bonds. The highest BCUT2D eigenvalue weighted by Crippen LogP contribution is 2.14. The van der Waals surface area contributed by atoms with Crippen molar-refractivity contribution in [3.05, 3.63) is 39.9 Å². The summed E-state index contributed by atoms with van der Waals surface area (Å²) in [6, 6.07) is 4.30. The maximum atomic E-state index is 12.2. The Kier molecular flexibility index (Phi) is 11.3. The summed E-state index contributed by atoms with van der Waals surface area (Å²) in [6.45, 7) is 3.71. The van der Waals surface area contributed by atoms with Gasteiger partial charge in [-0.1, -0.05) is 32.4 Å². The molecule has 2 unspecified atom stereocenters. The first-order valence-electron chi connectivity index (χ1n) is 8.73. The Balaban J connectivity index is 0.00000729. The van der Waals surface area contributed by atoms with Crippen LogP contribution in [0.5, 0.6) is 0 Å². The van der Waals surface area contributed by atoms with E-state index in [0.717, 1.165) is 0 Å². The van der Waals surface area contributed by atoms with E-state index < -0.39 is 35.0 Å². The zero-order chi connectivity index (χ0) is 20.6. The molecule has 0 aliphatic heterocycles. The number of nitrogens with two attached hydrogens (primary N) is 1. The van der Waals surface area contributed by atoms with Crippen LogP contribution in [0.15, 0.2) is 24.3 Å². The third-order valence-electron chi connectivity index (χ3n) is 4.49. The standard InChI is InChI=1S/C18H27N3O6.ClH/c1-4-11(2)17(18(24)27-3)20-16(23)10-15(22)14(19)9-12-5-7-13(8-6-12)21(25)26;/h5-8,11,14-15,17,22H,4,9-10,19H2,1-3H3,(H,20,23);1H/t11?,14-,15?,17-;/m0./s1. The molecule has 1 rings (SSSR count). The molecule has 0 radical (unpaired) electrons. The van der Waals surface area contributed by atoms with E-state index in [1.807, 2.05) is 13.8 Å². The van der Waals surface area contributed by atoms with Gasteiger partial charge in [-0.05, 0) is 17.9 Å². The number of methoxy groups -OCH3 is 1. The van der Waals surface area contributed by atoms with Crippen molar-refractivity contribution in [1.82, 2.24) is 5.32 Å².